The molecule has 1 aliphatic rings. The number of hydrogen-bond donors (Lipinski definition) is 2. The van der Waals surface area contributed by atoms with Gasteiger partial charge < -0.3 is 15.2 Å². The lowest BCUT2D eigenvalue weighted by atomic mass is 9.93. The van der Waals surface area contributed by atoms with Crippen LogP contribution in [0.4, 0.5) is 5.69 Å². The molecule has 1 aromatic carbocycles. The molecule has 104 valence electrons. The highest BCUT2D eigenvalue weighted by atomic mass is 16.5. The Morgan fingerprint density at radius 1 is 1.35 bits per heavy atom. The number of para-hydroxylation sites is 1. The van der Waals surface area contributed by atoms with E-state index >= 15 is 0 Å². The third kappa shape index (κ3) is 2.72. The van der Waals surface area contributed by atoms with E-state index in [2.05, 4.69) is 15.8 Å². The lowest BCUT2D eigenvalue weighted by molar-refractivity contribution is 0.102. The van der Waals surface area contributed by atoms with Gasteiger partial charge in [0.2, 0.25) is 0 Å². The molecule has 0 radical (unpaired) electrons. The van der Waals surface area contributed by atoms with Crippen molar-refractivity contribution in [2.45, 2.75) is 18.8 Å². The Bertz CT molecular complexity index is 574. The highest BCUT2D eigenvalue weighted by Crippen LogP contribution is 2.25. The first-order valence-corrected chi connectivity index (χ1v) is 6.86. The van der Waals surface area contributed by atoms with Crippen molar-refractivity contribution in [1.29, 1.82) is 0 Å². The van der Waals surface area contributed by atoms with E-state index in [1.807, 2.05) is 30.3 Å². The van der Waals surface area contributed by atoms with Crippen LogP contribution in [0.25, 0.3) is 0 Å². The Hall–Kier alpha value is -2.14. The van der Waals surface area contributed by atoms with Crippen molar-refractivity contribution in [2.75, 3.05) is 18.4 Å². The average molecular weight is 271 g/mol. The molecule has 0 bridgehead atoms. The Morgan fingerprint density at radius 3 is 2.95 bits per heavy atom. The number of hydrogen-bond acceptors (Lipinski definition) is 4. The Morgan fingerprint density at radius 2 is 2.20 bits per heavy atom. The summed E-state index contributed by atoms with van der Waals surface area (Å²) in [6.07, 6.45) is 3.56. The monoisotopic (exact) mass is 271 g/mol. The lowest BCUT2D eigenvalue weighted by Gasteiger charge is -2.21. The molecule has 2 N–H and O–H groups in total. The first-order valence-electron chi connectivity index (χ1n) is 6.86. The number of aromatic nitrogens is 1. The molecule has 0 aliphatic carbocycles. The first kappa shape index (κ1) is 12.9. The summed E-state index contributed by atoms with van der Waals surface area (Å²) in [6, 6.07) is 9.39. The van der Waals surface area contributed by atoms with Crippen LogP contribution in [-0.2, 0) is 0 Å². The summed E-state index contributed by atoms with van der Waals surface area (Å²) in [5.41, 5.74) is 2.06. The number of rotatable bonds is 3. The molecule has 5 heteroatoms. The maximum absolute atomic E-state index is 12.3. The van der Waals surface area contributed by atoms with Gasteiger partial charge in [0.25, 0.3) is 5.91 Å². The second kappa shape index (κ2) is 5.88. The zero-order chi connectivity index (χ0) is 13.8. The quantitative estimate of drug-likeness (QED) is 0.899. The van der Waals surface area contributed by atoms with Gasteiger partial charge in [-0.1, -0.05) is 23.4 Å². The topological polar surface area (TPSA) is 67.2 Å². The number of nitrogens with one attached hydrogen (secondary N) is 2. The number of benzene rings is 1. The summed E-state index contributed by atoms with van der Waals surface area (Å²) >= 11 is 0. The highest BCUT2D eigenvalue weighted by Gasteiger charge is 2.25. The molecule has 20 heavy (non-hydrogen) atoms. The van der Waals surface area contributed by atoms with Crippen molar-refractivity contribution >= 4 is 11.6 Å². The van der Waals surface area contributed by atoms with Crippen LogP contribution in [0.2, 0.25) is 0 Å². The van der Waals surface area contributed by atoms with Gasteiger partial charge in [0.05, 0.1) is 0 Å². The van der Waals surface area contributed by atoms with E-state index < -0.39 is 0 Å². The molecular weight excluding hydrogens is 254 g/mol. The summed E-state index contributed by atoms with van der Waals surface area (Å²) < 4.78 is 5.02. The lowest BCUT2D eigenvalue weighted by Crippen LogP contribution is -2.29. The molecule has 2 heterocycles. The zero-order valence-corrected chi connectivity index (χ0v) is 11.1. The molecule has 1 atom stereocenters. The first-order chi connectivity index (χ1) is 9.84. The smallest absolute Gasteiger partial charge is 0.260 e. The van der Waals surface area contributed by atoms with Crippen LogP contribution in [0.3, 0.4) is 0 Å². The zero-order valence-electron chi connectivity index (χ0n) is 11.1. The summed E-state index contributed by atoms with van der Waals surface area (Å²) in [7, 11) is 0. The van der Waals surface area contributed by atoms with Gasteiger partial charge >= 0.3 is 0 Å². The van der Waals surface area contributed by atoms with Gasteiger partial charge in [-0.3, -0.25) is 4.79 Å². The fourth-order valence-electron chi connectivity index (χ4n) is 2.51. The normalized spacial score (nSPS) is 18.7. The highest BCUT2D eigenvalue weighted by molar-refractivity contribution is 6.04. The van der Waals surface area contributed by atoms with Gasteiger partial charge in [-0.15, -0.1) is 0 Å². The third-order valence-corrected chi connectivity index (χ3v) is 3.56. The van der Waals surface area contributed by atoms with Crippen LogP contribution in [0.5, 0.6) is 0 Å². The number of piperidine rings is 1. The second-order valence-corrected chi connectivity index (χ2v) is 4.98. The predicted molar refractivity (Wildman–Crippen MR) is 75.7 cm³/mol. The van der Waals surface area contributed by atoms with Crippen molar-refractivity contribution in [3.05, 3.63) is 47.9 Å². The molecule has 1 saturated heterocycles. The number of carbonyl (C=O) groups excluding carboxylic acids is 1. The maximum Gasteiger partial charge on any atom is 0.260 e. The summed E-state index contributed by atoms with van der Waals surface area (Å²) in [4.78, 5) is 12.3. The van der Waals surface area contributed by atoms with Crippen molar-refractivity contribution in [2.24, 2.45) is 0 Å². The Labute approximate surface area is 117 Å². The van der Waals surface area contributed by atoms with E-state index in [0.717, 1.165) is 37.3 Å². The average Bonchev–Trinajstić information content (AvgIpc) is 2.99. The SMILES string of the molecule is O=C(Nc1ccccc1)c1conc1C1CCCNC1. The fourth-order valence-corrected chi connectivity index (χ4v) is 2.51. The second-order valence-electron chi connectivity index (χ2n) is 4.98. The molecule has 1 aliphatic heterocycles. The molecule has 1 aromatic heterocycles. The van der Waals surface area contributed by atoms with Gasteiger partial charge in [0.15, 0.2) is 0 Å². The van der Waals surface area contributed by atoms with Crippen LogP contribution in [0.1, 0.15) is 34.8 Å². The largest absolute Gasteiger partial charge is 0.364 e. The van der Waals surface area contributed by atoms with Crippen molar-refractivity contribution in [3.63, 3.8) is 0 Å². The minimum Gasteiger partial charge on any atom is -0.364 e. The van der Waals surface area contributed by atoms with E-state index in [1.165, 1.54) is 6.26 Å². The van der Waals surface area contributed by atoms with Crippen LogP contribution < -0.4 is 10.6 Å². The number of amides is 1. The van der Waals surface area contributed by atoms with Crippen LogP contribution >= 0.6 is 0 Å². The summed E-state index contributed by atoms with van der Waals surface area (Å²) in [5, 5.41) is 10.2. The molecular formula is C15H17N3O2. The minimum atomic E-state index is -0.168. The van der Waals surface area contributed by atoms with Gasteiger partial charge in [-0.05, 0) is 31.5 Å². The minimum absolute atomic E-state index is 0.168. The van der Waals surface area contributed by atoms with Crippen molar-refractivity contribution < 1.29 is 9.32 Å². The van der Waals surface area contributed by atoms with Crippen molar-refractivity contribution in [3.8, 4) is 0 Å². The van der Waals surface area contributed by atoms with E-state index in [-0.39, 0.29) is 11.8 Å². The fraction of sp³-hybridized carbons (Fsp3) is 0.333. The van der Waals surface area contributed by atoms with E-state index in [0.29, 0.717) is 5.56 Å². The van der Waals surface area contributed by atoms with Gasteiger partial charge in [0.1, 0.15) is 17.5 Å². The third-order valence-electron chi connectivity index (χ3n) is 3.56. The molecule has 5 nitrogen and oxygen atoms in total. The standard InChI is InChI=1S/C15H17N3O2/c19-15(17-12-6-2-1-3-7-12)13-10-20-18-14(13)11-5-4-8-16-9-11/h1-3,6-7,10-11,16H,4-5,8-9H2,(H,17,19). The van der Waals surface area contributed by atoms with Crippen molar-refractivity contribution in [1.82, 2.24) is 10.5 Å². The molecule has 2 aromatic rings. The number of anilines is 1. The molecule has 0 saturated carbocycles. The van der Waals surface area contributed by atoms with Crippen LogP contribution in [0.15, 0.2) is 41.1 Å². The molecule has 1 unspecified atom stereocenters. The van der Waals surface area contributed by atoms with Crippen LogP contribution in [0, 0.1) is 0 Å². The van der Waals surface area contributed by atoms with E-state index in [1.54, 1.807) is 0 Å². The summed E-state index contributed by atoms with van der Waals surface area (Å²) in [6.45, 7) is 1.87. The molecule has 1 fully saturated rings. The van der Waals surface area contributed by atoms with Gasteiger partial charge in [0, 0.05) is 18.2 Å². The van der Waals surface area contributed by atoms with E-state index in [9.17, 15) is 4.79 Å². The Kier molecular flexibility index (Phi) is 3.78. The van der Waals surface area contributed by atoms with E-state index in [4.69, 9.17) is 4.52 Å². The van der Waals surface area contributed by atoms with Crippen LogP contribution in [-0.4, -0.2) is 24.2 Å². The van der Waals surface area contributed by atoms with Gasteiger partial charge in [-0.2, -0.15) is 0 Å². The molecule has 0 spiro atoms. The number of carbonyl (C=O) groups is 1. The Balaban J connectivity index is 1.77. The number of nitrogens with zero attached hydrogens (tertiary/aromatic N) is 1. The maximum atomic E-state index is 12.3. The van der Waals surface area contributed by atoms with Gasteiger partial charge in [-0.25, -0.2) is 0 Å². The predicted octanol–water partition coefficient (Wildman–Crippen LogP) is 2.39. The molecule has 1 amide bonds. The molecule has 3 rings (SSSR count). The summed E-state index contributed by atoms with van der Waals surface area (Å²) in [5.74, 6) is 0.0806.